The molecular formula is C22H28N4O6S. The van der Waals surface area contributed by atoms with E-state index in [9.17, 15) is 18.0 Å². The van der Waals surface area contributed by atoms with E-state index in [1.54, 1.807) is 18.2 Å². The van der Waals surface area contributed by atoms with Crippen molar-refractivity contribution in [1.29, 1.82) is 0 Å². The third-order valence-corrected chi connectivity index (χ3v) is 6.83. The van der Waals surface area contributed by atoms with Gasteiger partial charge in [0.25, 0.3) is 11.8 Å². The number of hydrogen-bond acceptors (Lipinski definition) is 7. The van der Waals surface area contributed by atoms with Crippen LogP contribution in [0.1, 0.15) is 15.9 Å². The second-order valence-corrected chi connectivity index (χ2v) is 9.83. The van der Waals surface area contributed by atoms with Crippen LogP contribution in [0, 0.1) is 6.92 Å². The molecule has 0 unspecified atom stereocenters. The highest BCUT2D eigenvalue weighted by Crippen LogP contribution is 2.26. The smallest absolute Gasteiger partial charge is 0.276 e. The lowest BCUT2D eigenvalue weighted by Crippen LogP contribution is -2.45. The molecule has 1 fully saturated rings. The number of rotatable bonds is 7. The molecule has 0 spiro atoms. The maximum absolute atomic E-state index is 12.9. The number of amides is 2. The number of nitrogens with zero attached hydrogens (tertiary/aromatic N) is 2. The molecule has 1 saturated heterocycles. The molecule has 0 bridgehead atoms. The number of morpholine rings is 1. The number of aryl methyl sites for hydroxylation is 1. The molecule has 3 rings (SSSR count). The first-order valence-corrected chi connectivity index (χ1v) is 11.8. The summed E-state index contributed by atoms with van der Waals surface area (Å²) < 4.78 is 37.0. The summed E-state index contributed by atoms with van der Waals surface area (Å²) in [4.78, 5) is 27.0. The van der Waals surface area contributed by atoms with Gasteiger partial charge in [-0.1, -0.05) is 12.1 Å². The summed E-state index contributed by atoms with van der Waals surface area (Å²) in [5.74, 6) is -0.668. The molecule has 2 N–H and O–H groups in total. The number of benzene rings is 2. The highest BCUT2D eigenvalue weighted by Gasteiger charge is 2.24. The van der Waals surface area contributed by atoms with Crippen LogP contribution in [0.25, 0.3) is 0 Å². The van der Waals surface area contributed by atoms with E-state index in [1.807, 2.05) is 24.0 Å². The Labute approximate surface area is 193 Å². The highest BCUT2D eigenvalue weighted by atomic mass is 32.2. The van der Waals surface area contributed by atoms with Crippen molar-refractivity contribution in [3.8, 4) is 5.75 Å². The van der Waals surface area contributed by atoms with Gasteiger partial charge < -0.3 is 14.4 Å². The third kappa shape index (κ3) is 6.21. The molecule has 1 heterocycles. The molecule has 0 aliphatic carbocycles. The van der Waals surface area contributed by atoms with Crippen molar-refractivity contribution in [1.82, 2.24) is 15.2 Å². The van der Waals surface area contributed by atoms with Crippen molar-refractivity contribution in [2.75, 3.05) is 51.9 Å². The molecule has 178 valence electrons. The number of anilines is 1. The Morgan fingerprint density at radius 2 is 1.82 bits per heavy atom. The van der Waals surface area contributed by atoms with Gasteiger partial charge in [-0.15, -0.1) is 0 Å². The largest absolute Gasteiger partial charge is 0.484 e. The maximum Gasteiger partial charge on any atom is 0.276 e. The van der Waals surface area contributed by atoms with Crippen molar-refractivity contribution in [3.63, 3.8) is 0 Å². The SMILES string of the molecule is Cc1cccc(OCC(=O)NNC(=O)c2cc(S(=O)(=O)N(C)C)ccc2N2CCOCC2)c1. The number of carbonyl (C=O) groups excluding carboxylic acids is 2. The third-order valence-electron chi connectivity index (χ3n) is 5.02. The van der Waals surface area contributed by atoms with Gasteiger partial charge in [-0.3, -0.25) is 20.4 Å². The predicted molar refractivity (Wildman–Crippen MR) is 123 cm³/mol. The van der Waals surface area contributed by atoms with E-state index in [0.29, 0.717) is 37.7 Å². The summed E-state index contributed by atoms with van der Waals surface area (Å²) in [6.07, 6.45) is 0. The topological polar surface area (TPSA) is 117 Å². The molecular weight excluding hydrogens is 448 g/mol. The minimum Gasteiger partial charge on any atom is -0.484 e. The normalized spacial score (nSPS) is 14.1. The van der Waals surface area contributed by atoms with Crippen LogP contribution in [-0.4, -0.2) is 71.5 Å². The van der Waals surface area contributed by atoms with Gasteiger partial charge in [0.15, 0.2) is 6.61 Å². The van der Waals surface area contributed by atoms with Gasteiger partial charge in [-0.05, 0) is 42.8 Å². The summed E-state index contributed by atoms with van der Waals surface area (Å²) >= 11 is 0. The van der Waals surface area contributed by atoms with Crippen LogP contribution in [0.3, 0.4) is 0 Å². The van der Waals surface area contributed by atoms with Crippen LogP contribution in [0.15, 0.2) is 47.4 Å². The lowest BCUT2D eigenvalue weighted by atomic mass is 10.1. The summed E-state index contributed by atoms with van der Waals surface area (Å²) in [5, 5.41) is 0. The lowest BCUT2D eigenvalue weighted by Gasteiger charge is -2.30. The Morgan fingerprint density at radius 3 is 2.48 bits per heavy atom. The van der Waals surface area contributed by atoms with Crippen LogP contribution in [0.4, 0.5) is 5.69 Å². The Morgan fingerprint density at radius 1 is 1.09 bits per heavy atom. The van der Waals surface area contributed by atoms with Gasteiger partial charge in [0.1, 0.15) is 5.75 Å². The summed E-state index contributed by atoms with van der Waals surface area (Å²) in [6.45, 7) is 3.70. The van der Waals surface area contributed by atoms with Crippen LogP contribution in [0.5, 0.6) is 5.75 Å². The second kappa shape index (κ2) is 10.6. The van der Waals surface area contributed by atoms with Crippen molar-refractivity contribution in [2.45, 2.75) is 11.8 Å². The highest BCUT2D eigenvalue weighted by molar-refractivity contribution is 7.89. The molecule has 1 aliphatic heterocycles. The Balaban J connectivity index is 1.74. The van der Waals surface area contributed by atoms with Crippen LogP contribution >= 0.6 is 0 Å². The average molecular weight is 477 g/mol. The second-order valence-electron chi connectivity index (χ2n) is 7.67. The van der Waals surface area contributed by atoms with Crippen molar-refractivity contribution in [3.05, 3.63) is 53.6 Å². The van der Waals surface area contributed by atoms with E-state index in [0.717, 1.165) is 9.87 Å². The maximum atomic E-state index is 12.9. The number of nitrogens with one attached hydrogen (secondary N) is 2. The quantitative estimate of drug-likeness (QED) is 0.571. The molecule has 2 amide bonds. The first-order chi connectivity index (χ1) is 15.7. The zero-order chi connectivity index (χ0) is 24.0. The fourth-order valence-electron chi connectivity index (χ4n) is 3.23. The number of hydrazine groups is 1. The van der Waals surface area contributed by atoms with Crippen molar-refractivity contribution >= 4 is 27.5 Å². The van der Waals surface area contributed by atoms with E-state index in [1.165, 1.54) is 26.2 Å². The standard InChI is InChI=1S/C22H28N4O6S/c1-16-5-4-6-17(13-16)32-15-21(27)23-24-22(28)19-14-18(33(29,30)25(2)3)7-8-20(19)26-9-11-31-12-10-26/h4-8,13-14H,9-12,15H2,1-3H3,(H,23,27)(H,24,28). The van der Waals surface area contributed by atoms with Gasteiger partial charge >= 0.3 is 0 Å². The lowest BCUT2D eigenvalue weighted by molar-refractivity contribution is -0.123. The number of hydrogen-bond donors (Lipinski definition) is 2. The summed E-state index contributed by atoms with van der Waals surface area (Å²) in [6, 6.07) is 11.6. The van der Waals surface area contributed by atoms with Crippen LogP contribution < -0.4 is 20.5 Å². The van der Waals surface area contributed by atoms with E-state index in [2.05, 4.69) is 10.9 Å². The van der Waals surface area contributed by atoms with Gasteiger partial charge in [0.2, 0.25) is 10.0 Å². The Bertz CT molecular complexity index is 1110. The fraction of sp³-hybridized carbons (Fsp3) is 0.364. The molecule has 2 aromatic carbocycles. The average Bonchev–Trinajstić information content (AvgIpc) is 2.81. The van der Waals surface area contributed by atoms with Gasteiger partial charge in [-0.2, -0.15) is 0 Å². The molecule has 0 saturated carbocycles. The zero-order valence-electron chi connectivity index (χ0n) is 18.8. The Kier molecular flexibility index (Phi) is 7.90. The van der Waals surface area contributed by atoms with Gasteiger partial charge in [-0.25, -0.2) is 12.7 Å². The minimum atomic E-state index is -3.75. The summed E-state index contributed by atoms with van der Waals surface area (Å²) in [7, 11) is -0.920. The number of sulfonamides is 1. The fourth-order valence-corrected chi connectivity index (χ4v) is 4.16. The molecule has 1 aliphatic rings. The molecule has 0 atom stereocenters. The molecule has 11 heteroatoms. The van der Waals surface area contributed by atoms with Crippen LogP contribution in [-0.2, 0) is 19.6 Å². The van der Waals surface area contributed by atoms with Crippen molar-refractivity contribution < 1.29 is 27.5 Å². The van der Waals surface area contributed by atoms with E-state index in [-0.39, 0.29) is 17.1 Å². The zero-order valence-corrected chi connectivity index (χ0v) is 19.6. The predicted octanol–water partition coefficient (Wildman–Crippen LogP) is 0.922. The molecule has 33 heavy (non-hydrogen) atoms. The molecule has 2 aromatic rings. The molecule has 0 aromatic heterocycles. The first kappa shape index (κ1) is 24.5. The number of ether oxygens (including phenoxy) is 2. The van der Waals surface area contributed by atoms with Gasteiger partial charge in [0, 0.05) is 32.9 Å². The van der Waals surface area contributed by atoms with E-state index < -0.39 is 21.8 Å². The number of carbonyl (C=O) groups is 2. The molecule has 0 radical (unpaired) electrons. The minimum absolute atomic E-state index is 0.0243. The monoisotopic (exact) mass is 476 g/mol. The van der Waals surface area contributed by atoms with Crippen molar-refractivity contribution in [2.24, 2.45) is 0 Å². The van der Waals surface area contributed by atoms with Gasteiger partial charge in [0.05, 0.1) is 23.7 Å². The van der Waals surface area contributed by atoms with E-state index in [4.69, 9.17) is 9.47 Å². The van der Waals surface area contributed by atoms with E-state index >= 15 is 0 Å². The van der Waals surface area contributed by atoms with Crippen LogP contribution in [0.2, 0.25) is 0 Å². The summed E-state index contributed by atoms with van der Waals surface area (Å²) in [5.41, 5.74) is 6.33. The first-order valence-electron chi connectivity index (χ1n) is 10.4. The molecule has 10 nitrogen and oxygen atoms in total. The Hall–Kier alpha value is -3.15.